The van der Waals surface area contributed by atoms with Gasteiger partial charge in [0.1, 0.15) is 0 Å². The molecule has 1 saturated heterocycles. The van der Waals surface area contributed by atoms with Crippen molar-refractivity contribution in [1.82, 2.24) is 28.7 Å². The molecular weight excluding hydrogens is 608 g/mol. The van der Waals surface area contributed by atoms with Crippen LogP contribution in [0.2, 0.25) is 0 Å². The number of imidazole rings is 1. The minimum Gasteiger partial charge on any atom is -0.383 e. The summed E-state index contributed by atoms with van der Waals surface area (Å²) in [6.07, 6.45) is 5.18. The Morgan fingerprint density at radius 1 is 0.957 bits per heavy atom. The van der Waals surface area contributed by atoms with Gasteiger partial charge in [0.25, 0.3) is 5.91 Å². The Labute approximate surface area is 270 Å². The quantitative estimate of drug-likeness (QED) is 0.163. The summed E-state index contributed by atoms with van der Waals surface area (Å²) in [7, 11) is -0.791. The first-order valence-electron chi connectivity index (χ1n) is 15.5. The van der Waals surface area contributed by atoms with Crippen LogP contribution in [0.1, 0.15) is 35.2 Å². The molecule has 46 heavy (non-hydrogen) atoms. The number of nitrogens with zero attached hydrogens (tertiary/aromatic N) is 6. The number of hydrogen-bond donors (Lipinski definition) is 2. The molecule has 1 aliphatic heterocycles. The minimum atomic E-state index is -3.82. The van der Waals surface area contributed by atoms with Crippen LogP contribution in [0.5, 0.6) is 0 Å². The predicted octanol–water partition coefficient (Wildman–Crippen LogP) is 3.31. The molecule has 5 rings (SSSR count). The number of benzene rings is 2. The fourth-order valence-electron chi connectivity index (χ4n) is 5.37. The number of carbonyl (C=O) groups is 1. The van der Waals surface area contributed by atoms with Gasteiger partial charge in [0.2, 0.25) is 16.0 Å². The Bertz CT molecular complexity index is 1670. The average molecular weight is 651 g/mol. The van der Waals surface area contributed by atoms with E-state index in [2.05, 4.69) is 30.5 Å². The monoisotopic (exact) mass is 650 g/mol. The van der Waals surface area contributed by atoms with Crippen molar-refractivity contribution in [1.29, 1.82) is 0 Å². The van der Waals surface area contributed by atoms with Crippen LogP contribution in [0.3, 0.4) is 0 Å². The number of ether oxygens (including phenoxy) is 2. The maximum Gasteiger partial charge on any atom is 0.258 e. The molecule has 14 heteroatoms. The van der Waals surface area contributed by atoms with Gasteiger partial charge in [-0.05, 0) is 68.7 Å². The molecule has 0 saturated carbocycles. The van der Waals surface area contributed by atoms with Crippen LogP contribution in [-0.2, 0) is 26.0 Å². The van der Waals surface area contributed by atoms with E-state index in [1.54, 1.807) is 6.33 Å². The first-order valence-corrected chi connectivity index (χ1v) is 17.0. The Kier molecular flexibility index (Phi) is 11.7. The van der Waals surface area contributed by atoms with Gasteiger partial charge in [-0.15, -0.1) is 0 Å². The van der Waals surface area contributed by atoms with Gasteiger partial charge in [-0.25, -0.2) is 13.4 Å². The second-order valence-corrected chi connectivity index (χ2v) is 13.1. The molecule has 0 bridgehead atoms. The molecule has 0 aliphatic carbocycles. The number of carbonyl (C=O) groups excluding carboxylic acids is 1. The number of anilines is 2. The smallest absolute Gasteiger partial charge is 0.258 e. The summed E-state index contributed by atoms with van der Waals surface area (Å²) in [6, 6.07) is 15.8. The number of likely N-dealkylation sites (tertiary alicyclic amines) is 1. The standard InChI is InChI=1S/C32H42N8O5S/c1-44-21-19-40(20-22-45-2)46(42,43)27-13-11-26(12-14-27)31(41)37-32-35-29(33-15-8-18-38-16-6-7-17-38)28-30(36-32)39(24-34-28)23-25-9-4-3-5-10-25/h3-5,9-14,24H,6-8,15-23H2,1-2H3,(H2,33,35,36,37,41). The van der Waals surface area contributed by atoms with Gasteiger partial charge >= 0.3 is 0 Å². The maximum atomic E-state index is 13.3. The number of amides is 1. The highest BCUT2D eigenvalue weighted by Crippen LogP contribution is 2.23. The Morgan fingerprint density at radius 2 is 1.65 bits per heavy atom. The van der Waals surface area contributed by atoms with Gasteiger partial charge < -0.3 is 24.3 Å². The van der Waals surface area contributed by atoms with Gasteiger partial charge in [-0.1, -0.05) is 30.3 Å². The molecule has 2 aromatic carbocycles. The topological polar surface area (TPSA) is 144 Å². The second-order valence-electron chi connectivity index (χ2n) is 11.1. The molecule has 1 fully saturated rings. The van der Waals surface area contributed by atoms with Crippen LogP contribution < -0.4 is 10.6 Å². The van der Waals surface area contributed by atoms with Crippen molar-refractivity contribution in [2.24, 2.45) is 0 Å². The number of nitrogens with one attached hydrogen (secondary N) is 2. The highest BCUT2D eigenvalue weighted by molar-refractivity contribution is 7.89. The maximum absolute atomic E-state index is 13.3. The minimum absolute atomic E-state index is 0.0687. The lowest BCUT2D eigenvalue weighted by molar-refractivity contribution is 0.102. The summed E-state index contributed by atoms with van der Waals surface area (Å²) in [5.74, 6) is 0.201. The SMILES string of the molecule is COCCN(CCOC)S(=O)(=O)c1ccc(C(=O)Nc2nc(NCCCN3CCCC3)c3ncn(Cc4ccccc4)c3n2)cc1. The third kappa shape index (κ3) is 8.44. The molecular formula is C32H42N8O5S. The third-order valence-electron chi connectivity index (χ3n) is 7.87. The van der Waals surface area contributed by atoms with E-state index in [-0.39, 0.29) is 42.7 Å². The van der Waals surface area contributed by atoms with E-state index in [1.165, 1.54) is 55.6 Å². The molecule has 246 valence electrons. The molecule has 0 atom stereocenters. The fourth-order valence-corrected chi connectivity index (χ4v) is 6.78. The fraction of sp³-hybridized carbons (Fsp3) is 0.438. The van der Waals surface area contributed by atoms with Gasteiger partial charge in [0.15, 0.2) is 17.0 Å². The molecule has 3 heterocycles. The van der Waals surface area contributed by atoms with Gasteiger partial charge in [0, 0.05) is 39.4 Å². The van der Waals surface area contributed by atoms with E-state index >= 15 is 0 Å². The normalized spacial score (nSPS) is 13.9. The number of methoxy groups -OCH3 is 2. The third-order valence-corrected chi connectivity index (χ3v) is 9.78. The highest BCUT2D eigenvalue weighted by Gasteiger charge is 2.24. The molecule has 1 aliphatic rings. The number of fused-ring (bicyclic) bond motifs is 1. The van der Waals surface area contributed by atoms with Crippen LogP contribution >= 0.6 is 0 Å². The molecule has 1 amide bonds. The summed E-state index contributed by atoms with van der Waals surface area (Å²) >= 11 is 0. The summed E-state index contributed by atoms with van der Waals surface area (Å²) in [5, 5.41) is 6.21. The average Bonchev–Trinajstić information content (AvgIpc) is 3.74. The first kappa shape index (κ1) is 33.4. The van der Waals surface area contributed by atoms with Crippen LogP contribution in [0.4, 0.5) is 11.8 Å². The molecule has 0 spiro atoms. The van der Waals surface area contributed by atoms with Crippen molar-refractivity contribution in [3.8, 4) is 0 Å². The zero-order valence-electron chi connectivity index (χ0n) is 26.4. The summed E-state index contributed by atoms with van der Waals surface area (Å²) in [4.78, 5) is 29.8. The van der Waals surface area contributed by atoms with Crippen molar-refractivity contribution >= 4 is 38.9 Å². The van der Waals surface area contributed by atoms with Crippen LogP contribution in [0.25, 0.3) is 11.2 Å². The van der Waals surface area contributed by atoms with Crippen molar-refractivity contribution in [2.75, 3.05) is 77.3 Å². The first-order chi connectivity index (χ1) is 22.4. The van der Waals surface area contributed by atoms with Crippen molar-refractivity contribution in [2.45, 2.75) is 30.7 Å². The van der Waals surface area contributed by atoms with E-state index in [0.717, 1.165) is 31.6 Å². The molecule has 2 aromatic heterocycles. The molecule has 2 N–H and O–H groups in total. The number of sulfonamides is 1. The number of aromatic nitrogens is 4. The van der Waals surface area contributed by atoms with E-state index < -0.39 is 15.9 Å². The van der Waals surface area contributed by atoms with Crippen LogP contribution in [0.15, 0.2) is 65.8 Å². The Balaban J connectivity index is 1.34. The van der Waals surface area contributed by atoms with E-state index in [1.807, 2.05) is 34.9 Å². The van der Waals surface area contributed by atoms with Crippen molar-refractivity contribution in [3.05, 3.63) is 72.1 Å². The molecule has 0 radical (unpaired) electrons. The lowest BCUT2D eigenvalue weighted by atomic mass is 10.2. The summed E-state index contributed by atoms with van der Waals surface area (Å²) in [6.45, 7) is 5.39. The Morgan fingerprint density at radius 3 is 2.33 bits per heavy atom. The van der Waals surface area contributed by atoms with Gasteiger partial charge in [-0.2, -0.15) is 14.3 Å². The molecule has 13 nitrogen and oxygen atoms in total. The summed E-state index contributed by atoms with van der Waals surface area (Å²) in [5.41, 5.74) is 2.56. The van der Waals surface area contributed by atoms with Crippen LogP contribution in [-0.4, -0.2) is 110 Å². The van der Waals surface area contributed by atoms with Gasteiger partial charge in [-0.3, -0.25) is 10.1 Å². The highest BCUT2D eigenvalue weighted by atomic mass is 32.2. The van der Waals surface area contributed by atoms with E-state index in [0.29, 0.717) is 30.1 Å². The number of hydrogen-bond acceptors (Lipinski definition) is 10. The van der Waals surface area contributed by atoms with E-state index in [9.17, 15) is 13.2 Å². The lowest BCUT2D eigenvalue weighted by Gasteiger charge is -2.21. The Hall–Kier alpha value is -3.95. The van der Waals surface area contributed by atoms with Gasteiger partial charge in [0.05, 0.1) is 31.0 Å². The molecule has 4 aromatic rings. The zero-order chi connectivity index (χ0) is 32.4. The summed E-state index contributed by atoms with van der Waals surface area (Å²) < 4.78 is 39.9. The molecule has 0 unspecified atom stereocenters. The predicted molar refractivity (Wildman–Crippen MR) is 177 cm³/mol. The second kappa shape index (κ2) is 16.1. The largest absolute Gasteiger partial charge is 0.383 e. The van der Waals surface area contributed by atoms with Crippen LogP contribution in [0, 0.1) is 0 Å². The zero-order valence-corrected chi connectivity index (χ0v) is 27.2. The number of rotatable bonds is 17. The van der Waals surface area contributed by atoms with E-state index in [4.69, 9.17) is 9.47 Å². The van der Waals surface area contributed by atoms with Crippen molar-refractivity contribution in [3.63, 3.8) is 0 Å². The lowest BCUT2D eigenvalue weighted by Crippen LogP contribution is -2.36. The van der Waals surface area contributed by atoms with Crippen molar-refractivity contribution < 1.29 is 22.7 Å².